The van der Waals surface area contributed by atoms with Crippen LogP contribution < -0.4 is 0 Å². The number of esters is 2. The molecule has 4 rings (SSSR count). The molecule has 7 nitrogen and oxygen atoms in total. The second-order valence-corrected chi connectivity index (χ2v) is 6.68. The number of hydrogen-bond donors (Lipinski definition) is 0. The van der Waals surface area contributed by atoms with E-state index in [1.807, 2.05) is 48.5 Å². The Kier molecular flexibility index (Phi) is 14.2. The molecule has 2 atom stereocenters. The smallest absolute Gasteiger partial charge is 0 e. The first-order valence-corrected chi connectivity index (χ1v) is 9.47. The SMILES string of the molecule is COC(=O)[C@H]1C(=O)OC2=C(CCCc3ccccc32)[C@@H]1c1ccccc1.[C-]#[O+].[C-]#[O+].[C-]#[O+].[Cr]. The number of rotatable bonds is 2. The molecule has 0 unspecified atom stereocenters. The molecule has 2 aromatic carbocycles. The maximum absolute atomic E-state index is 12.8. The Balaban J connectivity index is 0.00000136. The molecule has 8 heteroatoms. The summed E-state index contributed by atoms with van der Waals surface area (Å²) in [7, 11) is 1.31. The van der Waals surface area contributed by atoms with Crippen molar-refractivity contribution in [3.05, 3.63) is 96.8 Å². The van der Waals surface area contributed by atoms with E-state index in [2.05, 4.69) is 26.0 Å². The van der Waals surface area contributed by atoms with Crippen molar-refractivity contribution in [2.24, 2.45) is 5.92 Å². The molecule has 2 aromatic rings. The van der Waals surface area contributed by atoms with Gasteiger partial charge < -0.3 is 9.47 Å². The molecule has 0 saturated heterocycles. The van der Waals surface area contributed by atoms with E-state index in [1.54, 1.807) is 0 Å². The van der Waals surface area contributed by atoms with E-state index in [-0.39, 0.29) is 23.3 Å². The molecule has 0 bridgehead atoms. The van der Waals surface area contributed by atoms with Crippen molar-refractivity contribution >= 4 is 17.7 Å². The summed E-state index contributed by atoms with van der Waals surface area (Å²) in [5, 5.41) is 0. The maximum Gasteiger partial charge on any atom is 0 e. The zero-order chi connectivity index (χ0) is 24.1. The average molecular weight is 484 g/mol. The van der Waals surface area contributed by atoms with Crippen LogP contribution >= 0.6 is 0 Å². The van der Waals surface area contributed by atoms with Gasteiger partial charge in [0.15, 0.2) is 5.92 Å². The van der Waals surface area contributed by atoms with Crippen molar-refractivity contribution < 1.29 is 50.4 Å². The molecule has 1 aliphatic heterocycles. The molecule has 0 radical (unpaired) electrons. The van der Waals surface area contributed by atoms with Crippen LogP contribution in [-0.2, 0) is 56.8 Å². The minimum atomic E-state index is -0.966. The number of allylic oxidation sites excluding steroid dienone is 1. The Labute approximate surface area is 203 Å². The van der Waals surface area contributed by atoms with Crippen molar-refractivity contribution in [2.75, 3.05) is 7.11 Å². The molecule has 0 N–H and O–H groups in total. The normalized spacial score (nSPS) is 17.5. The van der Waals surface area contributed by atoms with Gasteiger partial charge in [0, 0.05) is 28.8 Å². The Bertz CT molecular complexity index is 1010. The van der Waals surface area contributed by atoms with Crippen molar-refractivity contribution in [1.82, 2.24) is 0 Å². The molecule has 0 spiro atoms. The van der Waals surface area contributed by atoms with E-state index < -0.39 is 17.9 Å². The Morgan fingerprint density at radius 3 is 2.12 bits per heavy atom. The van der Waals surface area contributed by atoms with Crippen molar-refractivity contribution in [1.29, 1.82) is 0 Å². The summed E-state index contributed by atoms with van der Waals surface area (Å²) in [5.74, 6) is -1.79. The molecule has 2 aliphatic rings. The molecule has 0 amide bonds. The first kappa shape index (κ1) is 29.9. The largest absolute Gasteiger partial charge is 0 e. The molecule has 33 heavy (non-hydrogen) atoms. The van der Waals surface area contributed by atoms with Crippen LogP contribution in [-0.4, -0.2) is 19.0 Å². The van der Waals surface area contributed by atoms with Crippen molar-refractivity contribution in [3.63, 3.8) is 0 Å². The number of benzene rings is 2. The van der Waals surface area contributed by atoms with E-state index in [0.29, 0.717) is 5.76 Å². The number of ether oxygens (including phenoxy) is 2. The van der Waals surface area contributed by atoms with Gasteiger partial charge in [-0.2, -0.15) is 0 Å². The van der Waals surface area contributed by atoms with E-state index in [1.165, 1.54) is 12.7 Å². The summed E-state index contributed by atoms with van der Waals surface area (Å²) in [6, 6.07) is 17.7. The van der Waals surface area contributed by atoms with Crippen LogP contribution in [0, 0.1) is 25.9 Å². The molecule has 1 aliphatic carbocycles. The number of methoxy groups -OCH3 is 1. The zero-order valence-corrected chi connectivity index (χ0v) is 19.0. The van der Waals surface area contributed by atoms with Gasteiger partial charge in [-0.05, 0) is 36.0 Å². The molecular formula is C25H20CrO7. The van der Waals surface area contributed by atoms with Crippen LogP contribution in [0.5, 0.6) is 0 Å². The number of carbonyl (C=O) groups is 2. The summed E-state index contributed by atoms with van der Waals surface area (Å²) in [6.07, 6.45) is 2.65. The molecule has 0 aromatic heterocycles. The zero-order valence-electron chi connectivity index (χ0n) is 17.7. The van der Waals surface area contributed by atoms with Crippen LogP contribution in [0.2, 0.25) is 0 Å². The van der Waals surface area contributed by atoms with Gasteiger partial charge in [0.2, 0.25) is 0 Å². The van der Waals surface area contributed by atoms with Gasteiger partial charge in [-0.1, -0.05) is 54.6 Å². The van der Waals surface area contributed by atoms with Crippen molar-refractivity contribution in [3.8, 4) is 0 Å². The molecule has 0 fully saturated rings. The molecular weight excluding hydrogens is 464 g/mol. The third-order valence-electron chi connectivity index (χ3n) is 5.23. The average Bonchev–Trinajstić information content (AvgIpc) is 3.06. The minimum absolute atomic E-state index is 0. The minimum Gasteiger partial charge on any atom is 0 e. The van der Waals surface area contributed by atoms with Gasteiger partial charge in [-0.3, -0.25) is 9.59 Å². The van der Waals surface area contributed by atoms with E-state index >= 15 is 0 Å². The summed E-state index contributed by atoms with van der Waals surface area (Å²) in [6.45, 7) is 13.5. The van der Waals surface area contributed by atoms with Gasteiger partial charge in [0.1, 0.15) is 5.76 Å². The van der Waals surface area contributed by atoms with Gasteiger partial charge >= 0.3 is 45.8 Å². The van der Waals surface area contributed by atoms with Gasteiger partial charge in [0.05, 0.1) is 7.11 Å². The second-order valence-electron chi connectivity index (χ2n) is 6.68. The van der Waals surface area contributed by atoms with Gasteiger partial charge in [0.25, 0.3) is 0 Å². The Hall–Kier alpha value is -3.13. The Morgan fingerprint density at radius 1 is 0.939 bits per heavy atom. The fourth-order valence-corrected chi connectivity index (χ4v) is 4.05. The Morgan fingerprint density at radius 2 is 1.52 bits per heavy atom. The van der Waals surface area contributed by atoms with E-state index in [4.69, 9.17) is 23.4 Å². The summed E-state index contributed by atoms with van der Waals surface area (Å²) < 4.78 is 33.2. The molecule has 168 valence electrons. The predicted molar refractivity (Wildman–Crippen MR) is 109 cm³/mol. The second kappa shape index (κ2) is 15.6. The van der Waals surface area contributed by atoms with Crippen molar-refractivity contribution in [2.45, 2.75) is 25.2 Å². The first-order valence-electron chi connectivity index (χ1n) is 9.47. The summed E-state index contributed by atoms with van der Waals surface area (Å²) in [5.41, 5.74) is 4.08. The molecule has 1 heterocycles. The fraction of sp³-hybridized carbons (Fsp3) is 0.240. The van der Waals surface area contributed by atoms with E-state index in [9.17, 15) is 9.59 Å². The summed E-state index contributed by atoms with van der Waals surface area (Å²) >= 11 is 0. The predicted octanol–water partition coefficient (Wildman–Crippen LogP) is 3.75. The third-order valence-corrected chi connectivity index (χ3v) is 5.23. The monoisotopic (exact) mass is 484 g/mol. The van der Waals surface area contributed by atoms with Crippen LogP contribution in [0.3, 0.4) is 0 Å². The van der Waals surface area contributed by atoms with Crippen LogP contribution in [0.25, 0.3) is 5.76 Å². The van der Waals surface area contributed by atoms with Crippen LogP contribution in [0.4, 0.5) is 0 Å². The first-order chi connectivity index (χ1) is 15.7. The number of fused-ring (bicyclic) bond motifs is 2. The third kappa shape index (κ3) is 6.68. The van der Waals surface area contributed by atoms with Gasteiger partial charge in [-0.25, -0.2) is 0 Å². The van der Waals surface area contributed by atoms with Crippen LogP contribution in [0.15, 0.2) is 60.2 Å². The fourth-order valence-electron chi connectivity index (χ4n) is 4.05. The number of aryl methyl sites for hydroxylation is 1. The number of hydrogen-bond acceptors (Lipinski definition) is 4. The molecule has 0 saturated carbocycles. The number of carbonyl (C=O) groups excluding carboxylic acids is 2. The van der Waals surface area contributed by atoms with Gasteiger partial charge in [-0.15, -0.1) is 0 Å². The maximum atomic E-state index is 12.8. The quantitative estimate of drug-likeness (QED) is 0.280. The summed E-state index contributed by atoms with van der Waals surface area (Å²) in [4.78, 5) is 25.2. The van der Waals surface area contributed by atoms with E-state index in [0.717, 1.165) is 36.0 Å². The standard InChI is InChI=1S/C22H20O4.3CO.Cr/c1-25-21(23)19-18(15-9-3-2-4-10-15)17-13-7-11-14-8-5-6-12-16(14)20(17)26-22(19)24;3*1-2;/h2-6,8-10,12,18-19H,7,11,13H2,1H3;;;;/t18-,19-;;;;/m0..../s1. The topological polar surface area (TPSA) is 112 Å². The van der Waals surface area contributed by atoms with Crippen LogP contribution in [0.1, 0.15) is 35.4 Å².